The first-order chi connectivity index (χ1) is 8.55. The van der Waals surface area contributed by atoms with Gasteiger partial charge in [-0.25, -0.2) is 0 Å². The van der Waals surface area contributed by atoms with Gasteiger partial charge in [0.2, 0.25) is 0 Å². The fraction of sp³-hybridized carbons (Fsp3) is 0.417. The highest BCUT2D eigenvalue weighted by molar-refractivity contribution is 7.80. The maximum absolute atomic E-state index is 12.2. The molecule has 2 rings (SSSR count). The molecule has 18 heavy (non-hydrogen) atoms. The summed E-state index contributed by atoms with van der Waals surface area (Å²) in [6, 6.07) is 1.58. The van der Waals surface area contributed by atoms with Crippen molar-refractivity contribution in [2.24, 2.45) is 5.73 Å². The fourth-order valence-corrected chi connectivity index (χ4v) is 2.72. The van der Waals surface area contributed by atoms with Crippen LogP contribution in [0.3, 0.4) is 0 Å². The highest BCUT2D eigenvalue weighted by atomic mass is 35.5. The molecule has 1 aromatic rings. The minimum absolute atomic E-state index is 0.253. The third kappa shape index (κ3) is 2.47. The molecule has 1 heterocycles. The molecule has 96 valence electrons. The normalized spacial score (nSPS) is 17.4. The zero-order valence-corrected chi connectivity index (χ0v) is 11.4. The molecule has 0 atom stereocenters. The fourth-order valence-electron chi connectivity index (χ4n) is 2.26. The summed E-state index contributed by atoms with van der Waals surface area (Å²) in [6.07, 6.45) is 6.58. The topological polar surface area (TPSA) is 68.0 Å². The van der Waals surface area contributed by atoms with Crippen molar-refractivity contribution in [3.8, 4) is 0 Å². The largest absolute Gasteiger partial charge is 0.391 e. The van der Waals surface area contributed by atoms with Crippen molar-refractivity contribution in [2.45, 2.75) is 31.2 Å². The van der Waals surface area contributed by atoms with Gasteiger partial charge < -0.3 is 11.1 Å². The highest BCUT2D eigenvalue weighted by Crippen LogP contribution is 2.30. The van der Waals surface area contributed by atoms with Crippen LogP contribution < -0.4 is 11.1 Å². The van der Waals surface area contributed by atoms with E-state index in [1.165, 1.54) is 12.4 Å². The number of pyridine rings is 1. The number of carbonyl (C=O) groups excluding carboxylic acids is 1. The van der Waals surface area contributed by atoms with Crippen molar-refractivity contribution in [1.82, 2.24) is 10.3 Å². The number of nitrogens with one attached hydrogen (secondary N) is 1. The van der Waals surface area contributed by atoms with Crippen LogP contribution in [0.5, 0.6) is 0 Å². The van der Waals surface area contributed by atoms with Crippen LogP contribution in [-0.4, -0.2) is 21.4 Å². The number of aromatic nitrogens is 1. The number of nitrogens with two attached hydrogens (primary N) is 1. The maximum Gasteiger partial charge on any atom is 0.253 e. The van der Waals surface area contributed by atoms with E-state index < -0.39 is 5.54 Å². The molecule has 1 aromatic heterocycles. The van der Waals surface area contributed by atoms with Gasteiger partial charge in [0.05, 0.1) is 21.1 Å². The molecule has 0 aliphatic heterocycles. The van der Waals surface area contributed by atoms with E-state index >= 15 is 0 Å². The Bertz CT molecular complexity index is 486. The van der Waals surface area contributed by atoms with E-state index in [1.54, 1.807) is 6.07 Å². The molecule has 1 amide bonds. The first-order valence-electron chi connectivity index (χ1n) is 5.77. The van der Waals surface area contributed by atoms with Crippen LogP contribution >= 0.6 is 23.8 Å². The summed E-state index contributed by atoms with van der Waals surface area (Å²) in [5, 5.41) is 3.26. The molecule has 6 heteroatoms. The molecule has 0 radical (unpaired) electrons. The lowest BCUT2D eigenvalue weighted by Gasteiger charge is -2.29. The molecule has 0 spiro atoms. The Balaban J connectivity index is 2.21. The van der Waals surface area contributed by atoms with Gasteiger partial charge in [0.1, 0.15) is 0 Å². The summed E-state index contributed by atoms with van der Waals surface area (Å²) in [5.41, 5.74) is 5.61. The Labute approximate surface area is 116 Å². The van der Waals surface area contributed by atoms with Gasteiger partial charge in [0.25, 0.3) is 5.91 Å². The van der Waals surface area contributed by atoms with Gasteiger partial charge >= 0.3 is 0 Å². The van der Waals surface area contributed by atoms with Crippen molar-refractivity contribution in [1.29, 1.82) is 0 Å². The first kappa shape index (κ1) is 13.2. The smallest absolute Gasteiger partial charge is 0.253 e. The summed E-state index contributed by atoms with van der Waals surface area (Å²) in [6.45, 7) is 0. The van der Waals surface area contributed by atoms with E-state index in [-0.39, 0.29) is 5.91 Å². The number of hydrogen-bond acceptors (Lipinski definition) is 3. The molecule has 4 nitrogen and oxygen atoms in total. The Morgan fingerprint density at radius 2 is 2.17 bits per heavy atom. The zero-order valence-electron chi connectivity index (χ0n) is 9.78. The van der Waals surface area contributed by atoms with E-state index in [2.05, 4.69) is 10.3 Å². The number of rotatable bonds is 3. The number of thiocarbonyl (C=S) groups is 1. The van der Waals surface area contributed by atoms with Gasteiger partial charge in [-0.1, -0.05) is 36.7 Å². The third-order valence-electron chi connectivity index (χ3n) is 3.30. The summed E-state index contributed by atoms with van der Waals surface area (Å²) < 4.78 is 0. The lowest BCUT2D eigenvalue weighted by atomic mass is 9.97. The molecule has 1 aliphatic carbocycles. The van der Waals surface area contributed by atoms with Crippen LogP contribution in [0.25, 0.3) is 0 Å². The van der Waals surface area contributed by atoms with Gasteiger partial charge in [0.15, 0.2) is 0 Å². The van der Waals surface area contributed by atoms with E-state index in [0.717, 1.165) is 25.7 Å². The maximum atomic E-state index is 12.2. The Morgan fingerprint density at radius 1 is 1.50 bits per heavy atom. The predicted molar refractivity (Wildman–Crippen MR) is 74.7 cm³/mol. The molecule has 0 saturated heterocycles. The van der Waals surface area contributed by atoms with Crippen LogP contribution in [0.1, 0.15) is 36.0 Å². The van der Waals surface area contributed by atoms with Crippen molar-refractivity contribution in [3.63, 3.8) is 0 Å². The third-order valence-corrected chi connectivity index (χ3v) is 3.99. The van der Waals surface area contributed by atoms with E-state index in [9.17, 15) is 4.79 Å². The van der Waals surface area contributed by atoms with Gasteiger partial charge in [-0.15, -0.1) is 0 Å². The monoisotopic (exact) mass is 283 g/mol. The minimum atomic E-state index is -0.557. The van der Waals surface area contributed by atoms with Crippen molar-refractivity contribution >= 4 is 34.7 Å². The molecular weight excluding hydrogens is 270 g/mol. The standard InChI is InChI=1S/C12H14ClN3OS/c13-9-7-15-6-3-8(9)10(17)16-12(11(14)18)4-1-2-5-12/h3,6-7H,1-2,4-5H2,(H2,14,18)(H,16,17). The predicted octanol–water partition coefficient (Wildman–Crippen LogP) is 2.06. The van der Waals surface area contributed by atoms with Crippen LogP contribution in [0.2, 0.25) is 5.02 Å². The summed E-state index contributed by atoms with van der Waals surface area (Å²) in [4.78, 5) is 16.4. The minimum Gasteiger partial charge on any atom is -0.391 e. The highest BCUT2D eigenvalue weighted by Gasteiger charge is 2.38. The molecule has 0 aromatic carbocycles. The van der Waals surface area contributed by atoms with E-state index in [1.807, 2.05) is 0 Å². The van der Waals surface area contributed by atoms with Crippen LogP contribution in [0, 0.1) is 0 Å². The lowest BCUT2D eigenvalue weighted by molar-refractivity contribution is 0.0924. The number of hydrogen-bond donors (Lipinski definition) is 2. The Hall–Kier alpha value is -1.20. The second-order valence-corrected chi connectivity index (χ2v) is 5.31. The number of nitrogens with zero attached hydrogens (tertiary/aromatic N) is 1. The molecule has 3 N–H and O–H groups in total. The summed E-state index contributed by atoms with van der Waals surface area (Å²) in [5.74, 6) is -0.253. The number of amides is 1. The van der Waals surface area contributed by atoms with Crippen molar-refractivity contribution < 1.29 is 4.79 Å². The van der Waals surface area contributed by atoms with Crippen LogP contribution in [-0.2, 0) is 0 Å². The van der Waals surface area contributed by atoms with Gasteiger partial charge in [-0.05, 0) is 18.9 Å². The van der Waals surface area contributed by atoms with Gasteiger partial charge in [-0.2, -0.15) is 0 Å². The van der Waals surface area contributed by atoms with E-state index in [0.29, 0.717) is 15.6 Å². The summed E-state index contributed by atoms with van der Waals surface area (Å²) >= 11 is 11.0. The van der Waals surface area contributed by atoms with Gasteiger partial charge in [-0.3, -0.25) is 9.78 Å². The SMILES string of the molecule is NC(=S)C1(NC(=O)c2ccncc2Cl)CCCC1. The van der Waals surface area contributed by atoms with Crippen molar-refractivity contribution in [3.05, 3.63) is 29.0 Å². The molecule has 0 unspecified atom stereocenters. The van der Waals surface area contributed by atoms with E-state index in [4.69, 9.17) is 29.6 Å². The quantitative estimate of drug-likeness (QED) is 0.833. The first-order valence-corrected chi connectivity index (χ1v) is 6.56. The molecule has 1 aliphatic rings. The average molecular weight is 284 g/mol. The number of halogens is 1. The number of carbonyl (C=O) groups is 1. The molecule has 1 saturated carbocycles. The van der Waals surface area contributed by atoms with Gasteiger partial charge in [0, 0.05) is 12.4 Å². The van der Waals surface area contributed by atoms with Crippen LogP contribution in [0.15, 0.2) is 18.5 Å². The molecular formula is C12H14ClN3OS. The zero-order chi connectivity index (χ0) is 13.2. The molecule has 0 bridgehead atoms. The summed E-state index contributed by atoms with van der Waals surface area (Å²) in [7, 11) is 0. The second kappa shape index (κ2) is 5.20. The average Bonchev–Trinajstić information content (AvgIpc) is 2.79. The Kier molecular flexibility index (Phi) is 3.82. The lowest BCUT2D eigenvalue weighted by Crippen LogP contribution is -2.54. The molecule has 1 fully saturated rings. The van der Waals surface area contributed by atoms with Crippen LogP contribution in [0.4, 0.5) is 0 Å². The second-order valence-electron chi connectivity index (χ2n) is 4.46. The Morgan fingerprint density at radius 3 is 2.72 bits per heavy atom. The van der Waals surface area contributed by atoms with Crippen molar-refractivity contribution in [2.75, 3.05) is 0 Å².